The molecule has 3 heteroatoms. The van der Waals surface area contributed by atoms with E-state index in [-0.39, 0.29) is 5.97 Å². The number of ether oxygens (including phenoxy) is 1. The maximum atomic E-state index is 11.0. The van der Waals surface area contributed by atoms with E-state index in [0.29, 0.717) is 19.1 Å². The topological polar surface area (TPSA) is 38.3 Å². The van der Waals surface area contributed by atoms with E-state index in [0.717, 1.165) is 13.0 Å². The van der Waals surface area contributed by atoms with Gasteiger partial charge in [0, 0.05) is 0 Å². The molecule has 0 aliphatic heterocycles. The maximum absolute atomic E-state index is 11.0. The Morgan fingerprint density at radius 3 is 3.07 bits per heavy atom. The van der Waals surface area contributed by atoms with Crippen LogP contribution in [0.25, 0.3) is 0 Å². The molecule has 0 fully saturated rings. The molecule has 0 radical (unpaired) electrons. The van der Waals surface area contributed by atoms with Crippen LogP contribution in [0, 0.1) is 5.92 Å². The Labute approximate surface area is 85.5 Å². The molecule has 0 aromatic rings. The fraction of sp³-hybridized carbons (Fsp3) is 0.727. The quantitative estimate of drug-likeness (QED) is 0.536. The Morgan fingerprint density at radius 1 is 1.57 bits per heavy atom. The molecular weight excluding hydrogens is 178 g/mol. The average molecular weight is 197 g/mol. The highest BCUT2D eigenvalue weighted by atomic mass is 16.5. The van der Waals surface area contributed by atoms with Gasteiger partial charge in [-0.05, 0) is 38.6 Å². The summed E-state index contributed by atoms with van der Waals surface area (Å²) in [5, 5.41) is 3.13. The van der Waals surface area contributed by atoms with Gasteiger partial charge in [-0.3, -0.25) is 4.79 Å². The van der Waals surface area contributed by atoms with Crippen LogP contribution in [0.3, 0.4) is 0 Å². The van der Waals surface area contributed by atoms with Crippen LogP contribution in [-0.4, -0.2) is 25.7 Å². The molecule has 1 aliphatic carbocycles. The standard InChI is InChI=1S/C11H19NO2/c1-2-14-11(13)9-12-8-10-6-4-3-5-7-10/h3-4,10,12H,2,5-9H2,1H3. The van der Waals surface area contributed by atoms with E-state index in [1.54, 1.807) is 0 Å². The third kappa shape index (κ3) is 4.42. The van der Waals surface area contributed by atoms with Crippen molar-refractivity contribution in [1.29, 1.82) is 0 Å². The zero-order chi connectivity index (χ0) is 10.2. The predicted octanol–water partition coefficient (Wildman–Crippen LogP) is 1.50. The fourth-order valence-corrected chi connectivity index (χ4v) is 1.63. The Kier molecular flexibility index (Phi) is 5.30. The van der Waals surface area contributed by atoms with Gasteiger partial charge in [0.25, 0.3) is 0 Å². The number of carbonyl (C=O) groups is 1. The molecule has 0 amide bonds. The molecule has 1 N–H and O–H groups in total. The average Bonchev–Trinajstić information content (AvgIpc) is 2.20. The summed E-state index contributed by atoms with van der Waals surface area (Å²) >= 11 is 0. The lowest BCUT2D eigenvalue weighted by Crippen LogP contribution is -2.29. The first-order chi connectivity index (χ1) is 6.83. The molecule has 1 rings (SSSR count). The summed E-state index contributed by atoms with van der Waals surface area (Å²) in [5.41, 5.74) is 0. The monoisotopic (exact) mass is 197 g/mol. The van der Waals surface area contributed by atoms with Crippen LogP contribution in [0.4, 0.5) is 0 Å². The first-order valence-corrected chi connectivity index (χ1v) is 5.34. The van der Waals surface area contributed by atoms with Crippen molar-refractivity contribution in [1.82, 2.24) is 5.32 Å². The normalized spacial score (nSPS) is 20.8. The minimum absolute atomic E-state index is 0.154. The van der Waals surface area contributed by atoms with Gasteiger partial charge >= 0.3 is 5.97 Å². The predicted molar refractivity (Wildman–Crippen MR) is 56.0 cm³/mol. The van der Waals surface area contributed by atoms with Gasteiger partial charge in [0.1, 0.15) is 0 Å². The summed E-state index contributed by atoms with van der Waals surface area (Å²) in [6, 6.07) is 0. The van der Waals surface area contributed by atoms with Crippen molar-refractivity contribution in [3.8, 4) is 0 Å². The minimum atomic E-state index is -0.154. The van der Waals surface area contributed by atoms with E-state index < -0.39 is 0 Å². The van der Waals surface area contributed by atoms with E-state index in [9.17, 15) is 4.79 Å². The van der Waals surface area contributed by atoms with Crippen molar-refractivity contribution in [2.24, 2.45) is 5.92 Å². The van der Waals surface area contributed by atoms with Gasteiger partial charge in [-0.25, -0.2) is 0 Å². The molecule has 1 atom stereocenters. The Balaban J connectivity index is 2.03. The van der Waals surface area contributed by atoms with Gasteiger partial charge < -0.3 is 10.1 Å². The first-order valence-electron chi connectivity index (χ1n) is 5.34. The third-order valence-corrected chi connectivity index (χ3v) is 2.39. The molecule has 0 bridgehead atoms. The minimum Gasteiger partial charge on any atom is -0.465 e. The highest BCUT2D eigenvalue weighted by molar-refractivity contribution is 5.71. The maximum Gasteiger partial charge on any atom is 0.319 e. The van der Waals surface area contributed by atoms with Gasteiger partial charge in [0.05, 0.1) is 13.2 Å². The van der Waals surface area contributed by atoms with Gasteiger partial charge in [0.2, 0.25) is 0 Å². The summed E-state index contributed by atoms with van der Waals surface area (Å²) < 4.78 is 4.82. The number of hydrogen-bond donors (Lipinski definition) is 1. The van der Waals surface area contributed by atoms with Gasteiger partial charge in [-0.1, -0.05) is 12.2 Å². The molecule has 0 aromatic heterocycles. The van der Waals surface area contributed by atoms with Crippen molar-refractivity contribution < 1.29 is 9.53 Å². The second kappa shape index (κ2) is 6.60. The van der Waals surface area contributed by atoms with Gasteiger partial charge in [-0.2, -0.15) is 0 Å². The van der Waals surface area contributed by atoms with Crippen LogP contribution in [0.2, 0.25) is 0 Å². The van der Waals surface area contributed by atoms with Crippen molar-refractivity contribution >= 4 is 5.97 Å². The van der Waals surface area contributed by atoms with Crippen molar-refractivity contribution in [2.75, 3.05) is 19.7 Å². The molecule has 3 nitrogen and oxygen atoms in total. The number of allylic oxidation sites excluding steroid dienone is 2. The van der Waals surface area contributed by atoms with E-state index in [2.05, 4.69) is 17.5 Å². The lowest BCUT2D eigenvalue weighted by Gasteiger charge is -2.17. The van der Waals surface area contributed by atoms with Gasteiger partial charge in [-0.15, -0.1) is 0 Å². The second-order valence-electron chi connectivity index (χ2n) is 3.59. The third-order valence-electron chi connectivity index (χ3n) is 2.39. The van der Waals surface area contributed by atoms with Crippen LogP contribution in [0.15, 0.2) is 12.2 Å². The highest BCUT2D eigenvalue weighted by Crippen LogP contribution is 2.16. The molecule has 0 spiro atoms. The van der Waals surface area contributed by atoms with Crippen molar-refractivity contribution in [2.45, 2.75) is 26.2 Å². The summed E-state index contributed by atoms with van der Waals surface area (Å²) in [4.78, 5) is 11.0. The molecule has 1 aliphatic rings. The zero-order valence-electron chi connectivity index (χ0n) is 8.79. The number of esters is 1. The Morgan fingerprint density at radius 2 is 2.43 bits per heavy atom. The van der Waals surface area contributed by atoms with Crippen LogP contribution in [0.5, 0.6) is 0 Å². The van der Waals surface area contributed by atoms with E-state index >= 15 is 0 Å². The lowest BCUT2D eigenvalue weighted by molar-refractivity contribution is -0.142. The molecule has 1 unspecified atom stereocenters. The second-order valence-corrected chi connectivity index (χ2v) is 3.59. The molecule has 14 heavy (non-hydrogen) atoms. The first kappa shape index (κ1) is 11.2. The number of rotatable bonds is 5. The smallest absolute Gasteiger partial charge is 0.319 e. The number of nitrogens with one attached hydrogen (secondary N) is 1. The van der Waals surface area contributed by atoms with Crippen LogP contribution in [0.1, 0.15) is 26.2 Å². The fourth-order valence-electron chi connectivity index (χ4n) is 1.63. The molecule has 0 saturated carbocycles. The highest BCUT2D eigenvalue weighted by Gasteiger charge is 2.09. The Hall–Kier alpha value is -0.830. The lowest BCUT2D eigenvalue weighted by atomic mass is 9.94. The molecule has 80 valence electrons. The summed E-state index contributed by atoms with van der Waals surface area (Å²) in [6.45, 7) is 3.55. The summed E-state index contributed by atoms with van der Waals surface area (Å²) in [5.74, 6) is 0.535. The van der Waals surface area contributed by atoms with E-state index in [1.165, 1.54) is 12.8 Å². The molecule has 0 aromatic carbocycles. The number of hydrogen-bond acceptors (Lipinski definition) is 3. The summed E-state index contributed by atoms with van der Waals surface area (Å²) in [7, 11) is 0. The summed E-state index contributed by atoms with van der Waals surface area (Å²) in [6.07, 6.45) is 7.98. The van der Waals surface area contributed by atoms with Crippen LogP contribution < -0.4 is 5.32 Å². The zero-order valence-corrected chi connectivity index (χ0v) is 8.79. The Bertz CT molecular complexity index is 201. The van der Waals surface area contributed by atoms with E-state index in [4.69, 9.17) is 4.74 Å². The van der Waals surface area contributed by atoms with Crippen molar-refractivity contribution in [3.05, 3.63) is 12.2 Å². The van der Waals surface area contributed by atoms with Gasteiger partial charge in [0.15, 0.2) is 0 Å². The van der Waals surface area contributed by atoms with Crippen molar-refractivity contribution in [3.63, 3.8) is 0 Å². The van der Waals surface area contributed by atoms with Crippen LogP contribution in [-0.2, 0) is 9.53 Å². The molecule has 0 heterocycles. The SMILES string of the molecule is CCOC(=O)CNCC1CC=CCC1. The van der Waals surface area contributed by atoms with Crippen LogP contribution >= 0.6 is 0 Å². The molecule has 0 saturated heterocycles. The van der Waals surface area contributed by atoms with E-state index in [1.807, 2.05) is 6.92 Å². The molecular formula is C11H19NO2. The largest absolute Gasteiger partial charge is 0.465 e. The number of carbonyl (C=O) groups excluding carboxylic acids is 1.